The summed E-state index contributed by atoms with van der Waals surface area (Å²) >= 11 is 1.60. The van der Waals surface area contributed by atoms with E-state index < -0.39 is 0 Å². The van der Waals surface area contributed by atoms with Crippen LogP contribution in [0.5, 0.6) is 0 Å². The third-order valence-electron chi connectivity index (χ3n) is 2.31. The second kappa shape index (κ2) is 6.16. The van der Waals surface area contributed by atoms with E-state index in [0.29, 0.717) is 11.3 Å². The molecule has 4 nitrogen and oxygen atoms in total. The van der Waals surface area contributed by atoms with Crippen LogP contribution < -0.4 is 5.43 Å². The van der Waals surface area contributed by atoms with Crippen LogP contribution >= 0.6 is 11.3 Å². The number of nitrogens with zero attached hydrogens (tertiary/aromatic N) is 1. The molecule has 2 aromatic heterocycles. The first-order valence-electron chi connectivity index (χ1n) is 5.74. The van der Waals surface area contributed by atoms with Crippen LogP contribution in [0, 0.1) is 0 Å². The molecule has 94 valence electrons. The molecule has 2 aromatic rings. The fraction of sp³-hybridized carbons (Fsp3) is 0.231. The second-order valence-corrected chi connectivity index (χ2v) is 4.76. The number of carbonyl (C=O) groups is 1. The molecule has 0 bridgehead atoms. The maximum atomic E-state index is 11.7. The fourth-order valence-corrected chi connectivity index (χ4v) is 2.43. The molecule has 0 unspecified atom stereocenters. The lowest BCUT2D eigenvalue weighted by atomic mass is 10.2. The first-order chi connectivity index (χ1) is 8.79. The van der Waals surface area contributed by atoms with Crippen LogP contribution in [-0.2, 0) is 6.42 Å². The SMILES string of the molecule is CCCc1cc(C(=O)NN=Cc2ccco2)cs1. The normalized spacial score (nSPS) is 10.9. The van der Waals surface area contributed by atoms with Crippen LogP contribution in [-0.4, -0.2) is 12.1 Å². The van der Waals surface area contributed by atoms with Crippen LogP contribution in [0.1, 0.15) is 34.3 Å². The summed E-state index contributed by atoms with van der Waals surface area (Å²) in [4.78, 5) is 13.0. The zero-order valence-electron chi connectivity index (χ0n) is 10.1. The summed E-state index contributed by atoms with van der Waals surface area (Å²) in [5.74, 6) is 0.406. The van der Waals surface area contributed by atoms with E-state index in [4.69, 9.17) is 4.42 Å². The van der Waals surface area contributed by atoms with E-state index in [1.807, 2.05) is 11.4 Å². The Morgan fingerprint density at radius 2 is 2.50 bits per heavy atom. The molecular formula is C13H14N2O2S. The first-order valence-corrected chi connectivity index (χ1v) is 6.62. The number of hydrogen-bond acceptors (Lipinski definition) is 4. The summed E-state index contributed by atoms with van der Waals surface area (Å²) in [5, 5.41) is 5.68. The van der Waals surface area contributed by atoms with Crippen molar-refractivity contribution in [2.75, 3.05) is 0 Å². The Kier molecular flexibility index (Phi) is 4.30. The van der Waals surface area contributed by atoms with Gasteiger partial charge in [0.2, 0.25) is 0 Å². The van der Waals surface area contributed by atoms with E-state index in [2.05, 4.69) is 17.5 Å². The lowest BCUT2D eigenvalue weighted by Gasteiger charge is -1.94. The molecule has 1 N–H and O–H groups in total. The summed E-state index contributed by atoms with van der Waals surface area (Å²) < 4.78 is 5.06. The number of carbonyl (C=O) groups excluding carboxylic acids is 1. The minimum atomic E-state index is -0.198. The van der Waals surface area contributed by atoms with Crippen LogP contribution in [0.4, 0.5) is 0 Å². The van der Waals surface area contributed by atoms with Gasteiger partial charge in [0, 0.05) is 10.3 Å². The van der Waals surface area contributed by atoms with Gasteiger partial charge in [-0.1, -0.05) is 13.3 Å². The molecular weight excluding hydrogens is 248 g/mol. The molecule has 0 aromatic carbocycles. The Bertz CT molecular complexity index is 529. The number of hydrogen-bond donors (Lipinski definition) is 1. The topological polar surface area (TPSA) is 54.6 Å². The van der Waals surface area contributed by atoms with Crippen LogP contribution in [0.2, 0.25) is 0 Å². The molecule has 0 aliphatic carbocycles. The maximum absolute atomic E-state index is 11.7. The van der Waals surface area contributed by atoms with Crippen molar-refractivity contribution >= 4 is 23.5 Å². The van der Waals surface area contributed by atoms with E-state index in [0.717, 1.165) is 12.8 Å². The zero-order chi connectivity index (χ0) is 12.8. The Hall–Kier alpha value is -1.88. The number of nitrogens with one attached hydrogen (secondary N) is 1. The fourth-order valence-electron chi connectivity index (χ4n) is 1.46. The number of furan rings is 1. The summed E-state index contributed by atoms with van der Waals surface area (Å²) in [6.45, 7) is 2.12. The van der Waals surface area contributed by atoms with Crippen LogP contribution in [0.15, 0.2) is 39.4 Å². The van der Waals surface area contributed by atoms with Gasteiger partial charge in [0.1, 0.15) is 5.76 Å². The minimum absolute atomic E-state index is 0.198. The molecule has 0 spiro atoms. The molecule has 0 saturated heterocycles. The summed E-state index contributed by atoms with van der Waals surface area (Å²) in [6, 6.07) is 5.44. The molecule has 1 amide bonds. The van der Waals surface area contributed by atoms with Gasteiger partial charge in [-0.3, -0.25) is 4.79 Å². The van der Waals surface area contributed by atoms with Gasteiger partial charge >= 0.3 is 0 Å². The van der Waals surface area contributed by atoms with E-state index in [-0.39, 0.29) is 5.91 Å². The maximum Gasteiger partial charge on any atom is 0.272 e. The number of aryl methyl sites for hydroxylation is 1. The number of amides is 1. The van der Waals surface area contributed by atoms with Gasteiger partial charge in [-0.05, 0) is 24.6 Å². The van der Waals surface area contributed by atoms with Crippen molar-refractivity contribution in [3.8, 4) is 0 Å². The molecule has 2 heterocycles. The molecule has 0 fully saturated rings. The average molecular weight is 262 g/mol. The molecule has 0 aliphatic rings. The van der Waals surface area contributed by atoms with Crippen molar-refractivity contribution in [3.63, 3.8) is 0 Å². The van der Waals surface area contributed by atoms with Crippen molar-refractivity contribution in [1.29, 1.82) is 0 Å². The smallest absolute Gasteiger partial charge is 0.272 e. The lowest BCUT2D eigenvalue weighted by molar-refractivity contribution is 0.0955. The molecule has 18 heavy (non-hydrogen) atoms. The van der Waals surface area contributed by atoms with Gasteiger partial charge in [-0.25, -0.2) is 5.43 Å². The molecule has 5 heteroatoms. The summed E-state index contributed by atoms with van der Waals surface area (Å²) in [5.41, 5.74) is 3.12. The Labute approximate surface area is 109 Å². The standard InChI is InChI=1S/C13H14N2O2S/c1-2-4-12-7-10(9-18-12)13(16)15-14-8-11-5-3-6-17-11/h3,5-9H,2,4H2,1H3,(H,15,16). The van der Waals surface area contributed by atoms with E-state index in [1.54, 1.807) is 29.7 Å². The highest BCUT2D eigenvalue weighted by Gasteiger charge is 2.07. The van der Waals surface area contributed by atoms with Gasteiger partial charge < -0.3 is 4.42 Å². The highest BCUT2D eigenvalue weighted by Crippen LogP contribution is 2.16. The molecule has 0 atom stereocenters. The molecule has 0 saturated carbocycles. The second-order valence-electron chi connectivity index (χ2n) is 3.77. The highest BCUT2D eigenvalue weighted by molar-refractivity contribution is 7.10. The summed E-state index contributed by atoms with van der Waals surface area (Å²) in [7, 11) is 0. The van der Waals surface area contributed by atoms with Crippen LogP contribution in [0.3, 0.4) is 0 Å². The van der Waals surface area contributed by atoms with Crippen molar-refractivity contribution in [1.82, 2.24) is 5.43 Å². The van der Waals surface area contributed by atoms with Gasteiger partial charge in [-0.2, -0.15) is 5.10 Å². The van der Waals surface area contributed by atoms with Gasteiger partial charge in [-0.15, -0.1) is 11.3 Å². The molecule has 0 aliphatic heterocycles. The van der Waals surface area contributed by atoms with Gasteiger partial charge in [0.05, 0.1) is 18.0 Å². The van der Waals surface area contributed by atoms with Crippen molar-refractivity contribution < 1.29 is 9.21 Å². The third-order valence-corrected chi connectivity index (χ3v) is 3.31. The number of thiophene rings is 1. The van der Waals surface area contributed by atoms with E-state index in [1.165, 1.54) is 11.1 Å². The largest absolute Gasteiger partial charge is 0.463 e. The molecule has 2 rings (SSSR count). The van der Waals surface area contributed by atoms with E-state index >= 15 is 0 Å². The predicted octanol–water partition coefficient (Wildman–Crippen LogP) is 3.06. The number of hydrazone groups is 1. The zero-order valence-corrected chi connectivity index (χ0v) is 10.9. The van der Waals surface area contributed by atoms with Gasteiger partial charge in [0.15, 0.2) is 0 Å². The Balaban J connectivity index is 1.91. The third kappa shape index (κ3) is 3.30. The predicted molar refractivity (Wildman–Crippen MR) is 72.1 cm³/mol. The van der Waals surface area contributed by atoms with Crippen molar-refractivity contribution in [3.05, 3.63) is 46.0 Å². The molecule has 0 radical (unpaired) electrons. The average Bonchev–Trinajstić information content (AvgIpc) is 3.00. The number of rotatable bonds is 5. The quantitative estimate of drug-likeness (QED) is 0.665. The highest BCUT2D eigenvalue weighted by atomic mass is 32.1. The lowest BCUT2D eigenvalue weighted by Crippen LogP contribution is -2.16. The van der Waals surface area contributed by atoms with Crippen molar-refractivity contribution in [2.24, 2.45) is 5.10 Å². The van der Waals surface area contributed by atoms with Crippen molar-refractivity contribution in [2.45, 2.75) is 19.8 Å². The summed E-state index contributed by atoms with van der Waals surface area (Å²) in [6.07, 6.45) is 5.11. The first kappa shape index (κ1) is 12.6. The minimum Gasteiger partial charge on any atom is -0.463 e. The Morgan fingerprint density at radius 1 is 1.61 bits per heavy atom. The van der Waals surface area contributed by atoms with E-state index in [9.17, 15) is 4.79 Å². The Morgan fingerprint density at radius 3 is 3.22 bits per heavy atom. The monoisotopic (exact) mass is 262 g/mol. The van der Waals surface area contributed by atoms with Crippen LogP contribution in [0.25, 0.3) is 0 Å². The van der Waals surface area contributed by atoms with Gasteiger partial charge in [0.25, 0.3) is 5.91 Å².